The SMILES string of the molecule is Nc1[c]c(S(=O)(=O)O)cc2c(S(=O)(=O)O)c[c]c(O)c12. The van der Waals surface area contributed by atoms with Gasteiger partial charge in [0.25, 0.3) is 20.2 Å². The Kier molecular flexibility index (Phi) is 3.13. The van der Waals surface area contributed by atoms with Gasteiger partial charge >= 0.3 is 0 Å². The molecule has 8 nitrogen and oxygen atoms in total. The maximum Gasteiger partial charge on any atom is 0.295 e. The molecule has 10 heteroatoms. The molecule has 0 aliphatic rings. The number of phenols is 1. The van der Waals surface area contributed by atoms with Crippen molar-refractivity contribution in [2.75, 3.05) is 5.73 Å². The minimum atomic E-state index is -4.71. The summed E-state index contributed by atoms with van der Waals surface area (Å²) in [5, 5.41) is 8.95. The lowest BCUT2D eigenvalue weighted by Gasteiger charge is -2.09. The Bertz CT molecular complexity index is 916. The molecule has 0 heterocycles. The van der Waals surface area contributed by atoms with E-state index in [1.165, 1.54) is 0 Å². The molecule has 0 bridgehead atoms. The number of rotatable bonds is 2. The first-order chi connectivity index (χ1) is 9.01. The molecule has 0 aliphatic heterocycles. The van der Waals surface area contributed by atoms with E-state index in [1.54, 1.807) is 0 Å². The molecule has 0 saturated carbocycles. The van der Waals surface area contributed by atoms with Crippen molar-refractivity contribution in [2.45, 2.75) is 9.79 Å². The van der Waals surface area contributed by atoms with Gasteiger partial charge in [0.15, 0.2) is 0 Å². The Morgan fingerprint density at radius 1 is 1.10 bits per heavy atom. The van der Waals surface area contributed by atoms with Gasteiger partial charge in [0.05, 0.1) is 5.69 Å². The van der Waals surface area contributed by atoms with E-state index in [-0.39, 0.29) is 10.8 Å². The average Bonchev–Trinajstić information content (AvgIpc) is 2.25. The van der Waals surface area contributed by atoms with Crippen molar-refractivity contribution in [2.24, 2.45) is 0 Å². The maximum absolute atomic E-state index is 11.2. The highest BCUT2D eigenvalue weighted by molar-refractivity contribution is 7.86. The van der Waals surface area contributed by atoms with Gasteiger partial charge in [0.1, 0.15) is 15.5 Å². The molecule has 2 aromatic carbocycles. The predicted octanol–water partition coefficient (Wildman–Crippen LogP) is 0.221. The molecule has 0 aromatic heterocycles. The van der Waals surface area contributed by atoms with Crippen molar-refractivity contribution in [3.8, 4) is 5.75 Å². The monoisotopic (exact) mass is 317 g/mol. The van der Waals surface area contributed by atoms with Crippen molar-refractivity contribution in [1.82, 2.24) is 0 Å². The molecule has 0 fully saturated rings. The standard InChI is InChI=1S/C10H7NO7S2/c11-7-4-5(19(13,14)15)3-6-9(20(16,17)18)2-1-8(12)10(6)7/h2-3,12H,11H2,(H,13,14,15)(H,16,17,18). The summed E-state index contributed by atoms with van der Waals surface area (Å²) in [5.74, 6) is -0.553. The van der Waals surface area contributed by atoms with E-state index in [1.807, 2.05) is 0 Å². The summed E-state index contributed by atoms with van der Waals surface area (Å²) < 4.78 is 62.6. The molecule has 20 heavy (non-hydrogen) atoms. The quantitative estimate of drug-likeness (QED) is 0.453. The number of aromatic hydroxyl groups is 1. The Morgan fingerprint density at radius 3 is 2.20 bits per heavy atom. The Balaban J connectivity index is 3.08. The highest BCUT2D eigenvalue weighted by Crippen LogP contribution is 2.35. The second-order valence-corrected chi connectivity index (χ2v) is 6.57. The largest absolute Gasteiger partial charge is 0.507 e. The molecule has 0 atom stereocenters. The molecule has 2 aromatic rings. The van der Waals surface area contributed by atoms with E-state index in [9.17, 15) is 21.9 Å². The maximum atomic E-state index is 11.2. The normalized spacial score (nSPS) is 12.7. The number of anilines is 1. The number of phenolic OH excluding ortho intramolecular Hbond substituents is 1. The number of fused-ring (bicyclic) bond motifs is 1. The molecule has 5 N–H and O–H groups in total. The Labute approximate surface area is 114 Å². The van der Waals surface area contributed by atoms with Gasteiger partial charge in [-0.2, -0.15) is 16.8 Å². The van der Waals surface area contributed by atoms with Crippen LogP contribution in [0.1, 0.15) is 0 Å². The molecule has 2 radical (unpaired) electrons. The first kappa shape index (κ1) is 14.5. The third kappa shape index (κ3) is 2.41. The van der Waals surface area contributed by atoms with Crippen LogP contribution in [0, 0.1) is 12.1 Å². The molecular weight excluding hydrogens is 310 g/mol. The third-order valence-corrected chi connectivity index (χ3v) is 4.14. The summed E-state index contributed by atoms with van der Waals surface area (Å²) in [4.78, 5) is -1.51. The van der Waals surface area contributed by atoms with Crippen LogP contribution in [0.5, 0.6) is 5.75 Å². The Morgan fingerprint density at radius 2 is 1.70 bits per heavy atom. The van der Waals surface area contributed by atoms with Crippen LogP contribution in [0.25, 0.3) is 10.8 Å². The summed E-state index contributed by atoms with van der Waals surface area (Å²) in [7, 11) is -9.41. The van der Waals surface area contributed by atoms with Crippen LogP contribution in [0.15, 0.2) is 21.9 Å². The Hall–Kier alpha value is -1.88. The molecule has 106 valence electrons. The van der Waals surface area contributed by atoms with E-state index >= 15 is 0 Å². The highest BCUT2D eigenvalue weighted by atomic mass is 32.2. The van der Waals surface area contributed by atoms with Gasteiger partial charge in [-0.05, 0) is 12.1 Å². The van der Waals surface area contributed by atoms with Gasteiger partial charge in [0.2, 0.25) is 0 Å². The van der Waals surface area contributed by atoms with Crippen molar-refractivity contribution in [3.05, 3.63) is 24.3 Å². The van der Waals surface area contributed by atoms with Gasteiger partial charge in [0, 0.05) is 22.9 Å². The number of nitrogen functional groups attached to an aromatic ring is 1. The van der Waals surface area contributed by atoms with Crippen LogP contribution in [-0.2, 0) is 20.2 Å². The lowest BCUT2D eigenvalue weighted by Crippen LogP contribution is -2.04. The van der Waals surface area contributed by atoms with Crippen LogP contribution in [0.2, 0.25) is 0 Å². The molecule has 2 rings (SSSR count). The summed E-state index contributed by atoms with van der Waals surface area (Å²) >= 11 is 0. The van der Waals surface area contributed by atoms with Crippen molar-refractivity contribution in [1.29, 1.82) is 0 Å². The van der Waals surface area contributed by atoms with Crippen molar-refractivity contribution >= 4 is 36.7 Å². The fraction of sp³-hybridized carbons (Fsp3) is 0. The van der Waals surface area contributed by atoms with Crippen LogP contribution in [0.3, 0.4) is 0 Å². The molecule has 0 spiro atoms. The zero-order chi connectivity index (χ0) is 15.3. The lowest BCUT2D eigenvalue weighted by atomic mass is 10.1. The molecular formula is C10H7NO7S2. The van der Waals surface area contributed by atoms with Gasteiger partial charge in [-0.3, -0.25) is 9.11 Å². The summed E-state index contributed by atoms with van der Waals surface area (Å²) in [5.41, 5.74) is 5.06. The lowest BCUT2D eigenvalue weighted by molar-refractivity contribution is 0.476. The van der Waals surface area contributed by atoms with Crippen LogP contribution in [0.4, 0.5) is 5.69 Å². The topological polar surface area (TPSA) is 155 Å². The minimum Gasteiger partial charge on any atom is -0.507 e. The fourth-order valence-electron chi connectivity index (χ4n) is 1.67. The van der Waals surface area contributed by atoms with Gasteiger partial charge in [-0.1, -0.05) is 0 Å². The summed E-state index contributed by atoms with van der Waals surface area (Å²) in [6.45, 7) is 0. The van der Waals surface area contributed by atoms with Gasteiger partial charge in [-0.15, -0.1) is 0 Å². The van der Waals surface area contributed by atoms with E-state index in [0.717, 1.165) is 12.1 Å². The first-order valence-electron chi connectivity index (χ1n) is 4.86. The minimum absolute atomic E-state index is 0.257. The first-order valence-corrected chi connectivity index (χ1v) is 7.74. The highest BCUT2D eigenvalue weighted by Gasteiger charge is 2.21. The smallest absolute Gasteiger partial charge is 0.295 e. The molecule has 0 unspecified atom stereocenters. The zero-order valence-electron chi connectivity index (χ0n) is 9.52. The molecule has 0 amide bonds. The van der Waals surface area contributed by atoms with Crippen LogP contribution in [-0.4, -0.2) is 31.0 Å². The van der Waals surface area contributed by atoms with Gasteiger partial charge < -0.3 is 10.8 Å². The van der Waals surface area contributed by atoms with E-state index in [2.05, 4.69) is 12.1 Å². The predicted molar refractivity (Wildman–Crippen MR) is 67.3 cm³/mol. The van der Waals surface area contributed by atoms with E-state index in [0.29, 0.717) is 0 Å². The second-order valence-electron chi connectivity index (χ2n) is 3.79. The summed E-state index contributed by atoms with van der Waals surface area (Å²) in [6, 6.07) is 5.72. The number of hydrogen-bond acceptors (Lipinski definition) is 6. The number of hydrogen-bond donors (Lipinski definition) is 4. The molecule has 0 aliphatic carbocycles. The number of benzene rings is 2. The average molecular weight is 317 g/mol. The second kappa shape index (κ2) is 4.31. The van der Waals surface area contributed by atoms with Crippen molar-refractivity contribution in [3.63, 3.8) is 0 Å². The molecule has 0 saturated heterocycles. The fourth-order valence-corrected chi connectivity index (χ4v) is 2.82. The zero-order valence-corrected chi connectivity index (χ0v) is 11.2. The van der Waals surface area contributed by atoms with E-state index in [4.69, 9.17) is 14.8 Å². The van der Waals surface area contributed by atoms with Crippen molar-refractivity contribution < 1.29 is 31.0 Å². The van der Waals surface area contributed by atoms with Gasteiger partial charge in [-0.25, -0.2) is 0 Å². The van der Waals surface area contributed by atoms with Crippen LogP contribution < -0.4 is 5.73 Å². The number of nitrogens with two attached hydrogens (primary N) is 1. The third-order valence-electron chi connectivity index (χ3n) is 2.47. The summed E-state index contributed by atoms with van der Waals surface area (Å²) in [6.07, 6.45) is 0. The van der Waals surface area contributed by atoms with E-state index < -0.39 is 41.5 Å². The van der Waals surface area contributed by atoms with Crippen LogP contribution >= 0.6 is 0 Å².